The number of amides is 1. The van der Waals surface area contributed by atoms with E-state index in [4.69, 9.17) is 9.47 Å². The lowest BCUT2D eigenvalue weighted by molar-refractivity contribution is -0.138. The van der Waals surface area contributed by atoms with Crippen LogP contribution in [0.25, 0.3) is 11.3 Å². The highest BCUT2D eigenvalue weighted by Crippen LogP contribution is 2.28. The van der Waals surface area contributed by atoms with E-state index in [-0.39, 0.29) is 11.7 Å². The summed E-state index contributed by atoms with van der Waals surface area (Å²) in [5.41, 5.74) is 1.63. The molecule has 0 N–H and O–H groups in total. The van der Waals surface area contributed by atoms with Gasteiger partial charge in [0.05, 0.1) is 12.8 Å². The third kappa shape index (κ3) is 4.80. The average molecular weight is 436 g/mol. The molecule has 0 aliphatic carbocycles. The Morgan fingerprint density at radius 3 is 2.34 bits per heavy atom. The molecule has 0 saturated carbocycles. The largest absolute Gasteiger partial charge is 0.496 e. The topological polar surface area (TPSA) is 67.8 Å². The summed E-state index contributed by atoms with van der Waals surface area (Å²) in [6.45, 7) is 4.13. The number of nitrogens with zero attached hydrogens (tertiary/aromatic N) is 4. The summed E-state index contributed by atoms with van der Waals surface area (Å²) in [6, 6.07) is 17.2. The van der Waals surface area contributed by atoms with Crippen molar-refractivity contribution in [1.29, 1.82) is 0 Å². The molecule has 1 amide bonds. The molecule has 0 spiro atoms. The number of anilines is 1. The van der Waals surface area contributed by atoms with E-state index < -0.39 is 6.10 Å². The predicted octanol–water partition coefficient (Wildman–Crippen LogP) is 3.41. The van der Waals surface area contributed by atoms with E-state index in [0.717, 1.165) is 22.8 Å². The normalized spacial score (nSPS) is 14.7. The van der Waals surface area contributed by atoms with Crippen LogP contribution in [0.4, 0.5) is 10.2 Å². The predicted molar refractivity (Wildman–Crippen MR) is 119 cm³/mol. The highest BCUT2D eigenvalue weighted by Gasteiger charge is 2.26. The number of rotatable bonds is 6. The summed E-state index contributed by atoms with van der Waals surface area (Å²) in [4.78, 5) is 16.6. The van der Waals surface area contributed by atoms with Crippen molar-refractivity contribution in [3.8, 4) is 22.8 Å². The number of piperazine rings is 1. The molecule has 0 bridgehead atoms. The molecule has 32 heavy (non-hydrogen) atoms. The van der Waals surface area contributed by atoms with Crippen LogP contribution in [0.1, 0.15) is 6.92 Å². The molecule has 2 heterocycles. The molecule has 7 nitrogen and oxygen atoms in total. The third-order valence-corrected chi connectivity index (χ3v) is 5.42. The number of hydrogen-bond acceptors (Lipinski definition) is 6. The zero-order valence-corrected chi connectivity index (χ0v) is 18.1. The Kier molecular flexibility index (Phi) is 6.49. The summed E-state index contributed by atoms with van der Waals surface area (Å²) in [5.74, 6) is 1.55. The van der Waals surface area contributed by atoms with Gasteiger partial charge in [0, 0.05) is 31.7 Å². The van der Waals surface area contributed by atoms with Crippen LogP contribution in [0, 0.1) is 5.82 Å². The molecule has 4 rings (SSSR count). The van der Waals surface area contributed by atoms with Gasteiger partial charge in [-0.05, 0) is 55.5 Å². The Hall–Kier alpha value is -3.68. The lowest BCUT2D eigenvalue weighted by atomic mass is 10.1. The van der Waals surface area contributed by atoms with Crippen LogP contribution in [0.2, 0.25) is 0 Å². The molecule has 166 valence electrons. The molecule has 1 fully saturated rings. The van der Waals surface area contributed by atoms with Crippen LogP contribution in [0.15, 0.2) is 60.7 Å². The van der Waals surface area contributed by atoms with Gasteiger partial charge in [-0.15, -0.1) is 10.2 Å². The number of aromatic nitrogens is 2. The van der Waals surface area contributed by atoms with E-state index in [1.807, 2.05) is 36.4 Å². The van der Waals surface area contributed by atoms with Crippen LogP contribution in [0.5, 0.6) is 11.5 Å². The smallest absolute Gasteiger partial charge is 0.263 e. The zero-order chi connectivity index (χ0) is 22.5. The van der Waals surface area contributed by atoms with Crippen molar-refractivity contribution in [3.05, 3.63) is 66.5 Å². The van der Waals surface area contributed by atoms with Crippen molar-refractivity contribution in [1.82, 2.24) is 15.1 Å². The van der Waals surface area contributed by atoms with Gasteiger partial charge in [0.1, 0.15) is 17.3 Å². The standard InChI is InChI=1S/C24H25FN4O3/c1-17(32-19-9-7-18(25)8-10-19)24(30)29-15-13-28(14-16-29)23-12-11-21(26-27-23)20-5-3-4-6-22(20)31-2/h3-12,17H,13-16H2,1-2H3. The molecule has 1 atom stereocenters. The molecule has 0 radical (unpaired) electrons. The molecule has 1 aliphatic heterocycles. The number of methoxy groups -OCH3 is 1. The van der Waals surface area contributed by atoms with Gasteiger partial charge in [-0.25, -0.2) is 4.39 Å². The third-order valence-electron chi connectivity index (χ3n) is 5.42. The van der Waals surface area contributed by atoms with Crippen LogP contribution in [0.3, 0.4) is 0 Å². The van der Waals surface area contributed by atoms with Crippen molar-refractivity contribution < 1.29 is 18.7 Å². The van der Waals surface area contributed by atoms with E-state index in [9.17, 15) is 9.18 Å². The van der Waals surface area contributed by atoms with Crippen LogP contribution in [-0.4, -0.2) is 60.4 Å². The number of hydrogen-bond donors (Lipinski definition) is 0. The quantitative estimate of drug-likeness (QED) is 0.590. The van der Waals surface area contributed by atoms with E-state index in [0.29, 0.717) is 31.9 Å². The van der Waals surface area contributed by atoms with Gasteiger partial charge < -0.3 is 19.3 Å². The van der Waals surface area contributed by atoms with Crippen molar-refractivity contribution in [2.24, 2.45) is 0 Å². The zero-order valence-electron chi connectivity index (χ0n) is 18.1. The summed E-state index contributed by atoms with van der Waals surface area (Å²) >= 11 is 0. The molecule has 8 heteroatoms. The van der Waals surface area contributed by atoms with Crippen molar-refractivity contribution in [2.45, 2.75) is 13.0 Å². The van der Waals surface area contributed by atoms with Gasteiger partial charge in [0.15, 0.2) is 11.9 Å². The van der Waals surface area contributed by atoms with Gasteiger partial charge in [0.25, 0.3) is 5.91 Å². The Morgan fingerprint density at radius 1 is 0.969 bits per heavy atom. The monoisotopic (exact) mass is 436 g/mol. The SMILES string of the molecule is COc1ccccc1-c1ccc(N2CCN(C(=O)C(C)Oc3ccc(F)cc3)CC2)nn1. The van der Waals surface area contributed by atoms with Gasteiger partial charge in [0.2, 0.25) is 0 Å². The van der Waals surface area contributed by atoms with E-state index >= 15 is 0 Å². The van der Waals surface area contributed by atoms with E-state index in [1.165, 1.54) is 24.3 Å². The minimum absolute atomic E-state index is 0.0911. The van der Waals surface area contributed by atoms with Gasteiger partial charge >= 0.3 is 0 Å². The maximum absolute atomic E-state index is 13.0. The number of carbonyl (C=O) groups is 1. The first-order chi connectivity index (χ1) is 15.5. The maximum Gasteiger partial charge on any atom is 0.263 e. The van der Waals surface area contributed by atoms with Gasteiger partial charge in [-0.1, -0.05) is 12.1 Å². The number of carbonyl (C=O) groups excluding carboxylic acids is 1. The molecule has 1 aromatic heterocycles. The lowest BCUT2D eigenvalue weighted by Gasteiger charge is -2.36. The van der Waals surface area contributed by atoms with Gasteiger partial charge in [-0.2, -0.15) is 0 Å². The first kappa shape index (κ1) is 21.5. The number of ether oxygens (including phenoxy) is 2. The lowest BCUT2D eigenvalue weighted by Crippen LogP contribution is -2.52. The molecule has 2 aromatic carbocycles. The van der Waals surface area contributed by atoms with E-state index in [2.05, 4.69) is 15.1 Å². The van der Waals surface area contributed by atoms with Crippen molar-refractivity contribution in [3.63, 3.8) is 0 Å². The fourth-order valence-electron chi connectivity index (χ4n) is 3.67. The fraction of sp³-hybridized carbons (Fsp3) is 0.292. The van der Waals surface area contributed by atoms with Crippen molar-refractivity contribution >= 4 is 11.7 Å². The average Bonchev–Trinajstić information content (AvgIpc) is 2.85. The molecular weight excluding hydrogens is 411 g/mol. The first-order valence-electron chi connectivity index (χ1n) is 10.5. The molecule has 1 aliphatic rings. The van der Waals surface area contributed by atoms with E-state index in [1.54, 1.807) is 18.9 Å². The Labute approximate surface area is 186 Å². The summed E-state index contributed by atoms with van der Waals surface area (Å²) < 4.78 is 24.1. The molecule has 1 saturated heterocycles. The second-order valence-corrected chi connectivity index (χ2v) is 7.50. The van der Waals surface area contributed by atoms with Crippen molar-refractivity contribution in [2.75, 3.05) is 38.2 Å². The highest BCUT2D eigenvalue weighted by molar-refractivity contribution is 5.81. The van der Waals surface area contributed by atoms with Crippen LogP contribution in [-0.2, 0) is 4.79 Å². The minimum atomic E-state index is -0.646. The molecular formula is C24H25FN4O3. The maximum atomic E-state index is 13.0. The summed E-state index contributed by atoms with van der Waals surface area (Å²) in [7, 11) is 1.63. The highest BCUT2D eigenvalue weighted by atomic mass is 19.1. The number of halogens is 1. The van der Waals surface area contributed by atoms with Gasteiger partial charge in [-0.3, -0.25) is 4.79 Å². The Balaban J connectivity index is 1.34. The first-order valence-corrected chi connectivity index (χ1v) is 10.5. The minimum Gasteiger partial charge on any atom is -0.496 e. The molecule has 1 unspecified atom stereocenters. The van der Waals surface area contributed by atoms with Crippen LogP contribution < -0.4 is 14.4 Å². The van der Waals surface area contributed by atoms with Crippen LogP contribution >= 0.6 is 0 Å². The number of para-hydroxylation sites is 1. The second kappa shape index (κ2) is 9.64. The summed E-state index contributed by atoms with van der Waals surface area (Å²) in [6.07, 6.45) is -0.646. The number of benzene rings is 2. The summed E-state index contributed by atoms with van der Waals surface area (Å²) in [5, 5.41) is 8.75. The Morgan fingerprint density at radius 2 is 1.69 bits per heavy atom. The molecule has 3 aromatic rings. The Bertz CT molecular complexity index is 1050. The fourth-order valence-corrected chi connectivity index (χ4v) is 3.67. The second-order valence-electron chi connectivity index (χ2n) is 7.50.